The third-order valence-corrected chi connectivity index (χ3v) is 5.79. The predicted molar refractivity (Wildman–Crippen MR) is 92.5 cm³/mol. The zero-order valence-electron chi connectivity index (χ0n) is 13.4. The molecule has 1 saturated heterocycles. The molecular formula is C17H23N3O2S. The number of fused-ring (bicyclic) bond motifs is 1. The highest BCUT2D eigenvalue weighted by molar-refractivity contribution is 8.00. The Bertz CT molecular complexity index is 597. The molecule has 0 spiro atoms. The van der Waals surface area contributed by atoms with Gasteiger partial charge < -0.3 is 15.5 Å². The van der Waals surface area contributed by atoms with Crippen molar-refractivity contribution < 1.29 is 9.59 Å². The highest BCUT2D eigenvalue weighted by Gasteiger charge is 2.30. The molecule has 0 aliphatic carbocycles. The molecule has 6 heteroatoms. The van der Waals surface area contributed by atoms with E-state index in [4.69, 9.17) is 5.73 Å². The van der Waals surface area contributed by atoms with Crippen molar-refractivity contribution >= 4 is 29.3 Å². The number of para-hydroxylation sites is 1. The Morgan fingerprint density at radius 3 is 2.74 bits per heavy atom. The smallest absolute Gasteiger partial charge is 0.242 e. The van der Waals surface area contributed by atoms with E-state index in [0.29, 0.717) is 11.7 Å². The summed E-state index contributed by atoms with van der Waals surface area (Å²) in [6, 6.07) is 7.96. The van der Waals surface area contributed by atoms with Gasteiger partial charge in [0, 0.05) is 24.0 Å². The van der Waals surface area contributed by atoms with Crippen LogP contribution in [0.5, 0.6) is 0 Å². The molecule has 2 aliphatic rings. The average Bonchev–Trinajstić information content (AvgIpc) is 2.57. The van der Waals surface area contributed by atoms with Crippen molar-refractivity contribution in [2.24, 2.45) is 11.7 Å². The largest absolute Gasteiger partial charge is 0.341 e. The fourth-order valence-electron chi connectivity index (χ4n) is 3.24. The first-order valence-electron chi connectivity index (χ1n) is 8.12. The molecule has 1 aromatic carbocycles. The molecule has 2 heterocycles. The van der Waals surface area contributed by atoms with E-state index < -0.39 is 0 Å². The lowest BCUT2D eigenvalue weighted by atomic mass is 9.91. The van der Waals surface area contributed by atoms with Crippen molar-refractivity contribution in [3.05, 3.63) is 24.3 Å². The van der Waals surface area contributed by atoms with Crippen LogP contribution in [0.4, 0.5) is 5.69 Å². The predicted octanol–water partition coefficient (Wildman–Crippen LogP) is 1.71. The number of carbonyl (C=O) groups excluding carboxylic acids is 2. The minimum Gasteiger partial charge on any atom is -0.341 e. The van der Waals surface area contributed by atoms with Crippen LogP contribution in [-0.4, -0.2) is 48.1 Å². The van der Waals surface area contributed by atoms with E-state index in [-0.39, 0.29) is 24.4 Å². The lowest BCUT2D eigenvalue weighted by Crippen LogP contribution is -2.48. The average molecular weight is 333 g/mol. The monoisotopic (exact) mass is 333 g/mol. The van der Waals surface area contributed by atoms with Gasteiger partial charge >= 0.3 is 0 Å². The van der Waals surface area contributed by atoms with Crippen LogP contribution in [0.2, 0.25) is 0 Å². The van der Waals surface area contributed by atoms with Gasteiger partial charge in [0.2, 0.25) is 11.8 Å². The molecule has 3 rings (SSSR count). The van der Waals surface area contributed by atoms with Crippen LogP contribution >= 0.6 is 11.8 Å². The Balaban J connectivity index is 1.65. The minimum atomic E-state index is 0.00696. The van der Waals surface area contributed by atoms with Crippen LogP contribution in [0.25, 0.3) is 0 Å². The zero-order valence-corrected chi connectivity index (χ0v) is 14.2. The van der Waals surface area contributed by atoms with Crippen LogP contribution in [0, 0.1) is 5.92 Å². The summed E-state index contributed by atoms with van der Waals surface area (Å²) in [6.45, 7) is 3.65. The van der Waals surface area contributed by atoms with E-state index >= 15 is 0 Å². The summed E-state index contributed by atoms with van der Waals surface area (Å²) in [6.07, 6.45) is 1.90. The van der Waals surface area contributed by atoms with Crippen molar-refractivity contribution in [2.75, 3.05) is 30.3 Å². The van der Waals surface area contributed by atoms with Gasteiger partial charge in [-0.3, -0.25) is 9.59 Å². The van der Waals surface area contributed by atoms with E-state index in [1.807, 2.05) is 36.1 Å². The zero-order chi connectivity index (χ0) is 16.4. The lowest BCUT2D eigenvalue weighted by molar-refractivity contribution is -0.132. The van der Waals surface area contributed by atoms with E-state index in [1.165, 1.54) is 11.8 Å². The Labute approximate surface area is 141 Å². The van der Waals surface area contributed by atoms with Gasteiger partial charge in [-0.1, -0.05) is 12.1 Å². The molecule has 1 unspecified atom stereocenters. The van der Waals surface area contributed by atoms with Crippen LogP contribution in [0.1, 0.15) is 19.8 Å². The molecule has 2 aliphatic heterocycles. The number of thioether (sulfide) groups is 1. The number of amides is 2. The number of benzene rings is 1. The number of rotatable bonds is 3. The number of piperidine rings is 1. The summed E-state index contributed by atoms with van der Waals surface area (Å²) >= 11 is 1.54. The fraction of sp³-hybridized carbons (Fsp3) is 0.529. The molecule has 5 nitrogen and oxygen atoms in total. The summed E-state index contributed by atoms with van der Waals surface area (Å²) in [5, 5.41) is 0. The van der Waals surface area contributed by atoms with Crippen molar-refractivity contribution in [3.63, 3.8) is 0 Å². The second-order valence-electron chi connectivity index (χ2n) is 6.31. The number of nitrogens with two attached hydrogens (primary N) is 1. The molecule has 0 radical (unpaired) electrons. The van der Waals surface area contributed by atoms with Gasteiger partial charge in [0.15, 0.2) is 0 Å². The number of anilines is 1. The van der Waals surface area contributed by atoms with Gasteiger partial charge in [-0.05, 0) is 37.8 Å². The van der Waals surface area contributed by atoms with E-state index in [0.717, 1.165) is 36.5 Å². The van der Waals surface area contributed by atoms with Crippen molar-refractivity contribution in [3.8, 4) is 0 Å². The maximum Gasteiger partial charge on any atom is 0.242 e. The van der Waals surface area contributed by atoms with Crippen molar-refractivity contribution in [2.45, 2.75) is 30.7 Å². The number of hydrogen-bond acceptors (Lipinski definition) is 4. The van der Waals surface area contributed by atoms with E-state index in [9.17, 15) is 9.59 Å². The normalized spacial score (nSPS) is 20.3. The molecule has 0 saturated carbocycles. The standard InChI is InChI=1S/C17H23N3O2S/c1-12(18)13-6-8-19(9-7-13)16(21)10-20-14-4-2-3-5-15(14)23-11-17(20)22/h2-5,12-13H,6-11,18H2,1H3. The van der Waals surface area contributed by atoms with Crippen LogP contribution in [-0.2, 0) is 9.59 Å². The summed E-state index contributed by atoms with van der Waals surface area (Å²) in [5.74, 6) is 0.931. The molecule has 1 aromatic rings. The van der Waals surface area contributed by atoms with Crippen LogP contribution in [0.15, 0.2) is 29.2 Å². The summed E-state index contributed by atoms with van der Waals surface area (Å²) in [4.78, 5) is 29.4. The molecule has 2 amide bonds. The summed E-state index contributed by atoms with van der Waals surface area (Å²) in [5.41, 5.74) is 6.80. The fourth-order valence-corrected chi connectivity index (χ4v) is 4.17. The second kappa shape index (κ2) is 6.93. The molecule has 0 bridgehead atoms. The molecule has 1 fully saturated rings. The number of likely N-dealkylation sites (tertiary alicyclic amines) is 1. The van der Waals surface area contributed by atoms with E-state index in [1.54, 1.807) is 4.90 Å². The third-order valence-electron chi connectivity index (χ3n) is 4.74. The number of nitrogens with zero attached hydrogens (tertiary/aromatic N) is 2. The Morgan fingerprint density at radius 1 is 1.35 bits per heavy atom. The van der Waals surface area contributed by atoms with E-state index in [2.05, 4.69) is 0 Å². The van der Waals surface area contributed by atoms with Crippen LogP contribution in [0.3, 0.4) is 0 Å². The van der Waals surface area contributed by atoms with Gasteiger partial charge in [0.25, 0.3) is 0 Å². The topological polar surface area (TPSA) is 66.6 Å². The van der Waals surface area contributed by atoms with Gasteiger partial charge in [-0.15, -0.1) is 11.8 Å². The van der Waals surface area contributed by atoms with Gasteiger partial charge in [0.05, 0.1) is 11.4 Å². The van der Waals surface area contributed by atoms with Crippen LogP contribution < -0.4 is 10.6 Å². The maximum absolute atomic E-state index is 12.6. The first-order valence-corrected chi connectivity index (χ1v) is 9.10. The SMILES string of the molecule is CC(N)C1CCN(C(=O)CN2C(=O)CSc3ccccc32)CC1. The Morgan fingerprint density at radius 2 is 2.04 bits per heavy atom. The van der Waals surface area contributed by atoms with Gasteiger partial charge in [0.1, 0.15) is 6.54 Å². The Kier molecular flexibility index (Phi) is 4.92. The summed E-state index contributed by atoms with van der Waals surface area (Å²) in [7, 11) is 0. The Hall–Kier alpha value is -1.53. The summed E-state index contributed by atoms with van der Waals surface area (Å²) < 4.78 is 0. The van der Waals surface area contributed by atoms with Crippen molar-refractivity contribution in [1.82, 2.24) is 4.90 Å². The first kappa shape index (κ1) is 16.3. The van der Waals surface area contributed by atoms with Crippen molar-refractivity contribution in [1.29, 1.82) is 0 Å². The highest BCUT2D eigenvalue weighted by atomic mass is 32.2. The quantitative estimate of drug-likeness (QED) is 0.914. The molecule has 2 N–H and O–H groups in total. The third kappa shape index (κ3) is 3.53. The second-order valence-corrected chi connectivity index (χ2v) is 7.33. The first-order chi connectivity index (χ1) is 11.1. The molecule has 1 atom stereocenters. The maximum atomic E-state index is 12.6. The van der Waals surface area contributed by atoms with Gasteiger partial charge in [-0.2, -0.15) is 0 Å². The minimum absolute atomic E-state index is 0.00696. The lowest BCUT2D eigenvalue weighted by Gasteiger charge is -2.36. The number of hydrogen-bond donors (Lipinski definition) is 1. The highest BCUT2D eigenvalue weighted by Crippen LogP contribution is 2.34. The molecule has 124 valence electrons. The van der Waals surface area contributed by atoms with Gasteiger partial charge in [-0.25, -0.2) is 0 Å². The molecule has 0 aromatic heterocycles. The molecule has 23 heavy (non-hydrogen) atoms. The molecular weight excluding hydrogens is 310 g/mol. The number of carbonyl (C=O) groups is 2.